The Hall–Kier alpha value is -2.15. The molecule has 0 unspecified atom stereocenters. The number of H-pyrrole nitrogens is 1. The number of hydrogen-bond acceptors (Lipinski definition) is 4. The second kappa shape index (κ2) is 6.76. The fraction of sp³-hybridized carbons (Fsp3) is 0.471. The number of rotatable bonds is 4. The largest absolute Gasteiger partial charge is 0.337 e. The fourth-order valence-electron chi connectivity index (χ4n) is 3.08. The van der Waals surface area contributed by atoms with Gasteiger partial charge in [-0.25, -0.2) is 0 Å². The summed E-state index contributed by atoms with van der Waals surface area (Å²) in [6.07, 6.45) is 0.952. The van der Waals surface area contributed by atoms with Gasteiger partial charge in [-0.3, -0.25) is 14.7 Å². The third kappa shape index (κ3) is 3.21. The van der Waals surface area contributed by atoms with Crippen LogP contribution in [0.2, 0.25) is 0 Å². The Morgan fingerprint density at radius 2 is 2.29 bits per heavy atom. The van der Waals surface area contributed by atoms with E-state index in [0.717, 1.165) is 10.6 Å². The minimum atomic E-state index is -0.273. The lowest BCUT2D eigenvalue weighted by Crippen LogP contribution is -2.44. The summed E-state index contributed by atoms with van der Waals surface area (Å²) >= 11 is 1.58. The van der Waals surface area contributed by atoms with Crippen LogP contribution in [0.25, 0.3) is 0 Å². The summed E-state index contributed by atoms with van der Waals surface area (Å²) in [7, 11) is 1.78. The van der Waals surface area contributed by atoms with Crippen LogP contribution in [0, 0.1) is 5.92 Å². The second-order valence-corrected chi connectivity index (χ2v) is 7.44. The van der Waals surface area contributed by atoms with Crippen molar-refractivity contribution in [1.82, 2.24) is 15.1 Å². The number of likely N-dealkylation sites (tertiary alicyclic amines) is 1. The van der Waals surface area contributed by atoms with Crippen molar-refractivity contribution in [3.63, 3.8) is 0 Å². The standard InChI is InChI=1S/C17H22N4O2S/c1-10(2)12-9-14(20-19-12)18-17(23)11-6-7-15(22)21(3)16(11)13-5-4-8-24-13/h4-5,8-11,16H,6-7H2,1-3H3,(H2,18,19,20,23)/t11-,16-/m0/s1. The Bertz CT molecular complexity index is 723. The first kappa shape index (κ1) is 16.7. The Balaban J connectivity index is 1.79. The van der Waals surface area contributed by atoms with Gasteiger partial charge in [0.15, 0.2) is 5.82 Å². The zero-order valence-electron chi connectivity index (χ0n) is 14.1. The average molecular weight is 346 g/mol. The van der Waals surface area contributed by atoms with E-state index in [-0.39, 0.29) is 23.8 Å². The minimum absolute atomic E-state index is 0.0827. The summed E-state index contributed by atoms with van der Waals surface area (Å²) in [4.78, 5) is 27.6. The summed E-state index contributed by atoms with van der Waals surface area (Å²) in [5.41, 5.74) is 0.982. The van der Waals surface area contributed by atoms with Crippen molar-refractivity contribution in [3.05, 3.63) is 34.2 Å². The van der Waals surface area contributed by atoms with Gasteiger partial charge in [0.25, 0.3) is 0 Å². The van der Waals surface area contributed by atoms with Crippen LogP contribution in [0.4, 0.5) is 5.82 Å². The number of anilines is 1. The predicted molar refractivity (Wildman–Crippen MR) is 93.9 cm³/mol. The van der Waals surface area contributed by atoms with Crippen LogP contribution >= 0.6 is 11.3 Å². The van der Waals surface area contributed by atoms with Crippen LogP contribution in [-0.4, -0.2) is 34.0 Å². The highest BCUT2D eigenvalue weighted by atomic mass is 32.1. The molecule has 1 aliphatic rings. The molecule has 0 spiro atoms. The first-order valence-electron chi connectivity index (χ1n) is 8.12. The van der Waals surface area contributed by atoms with E-state index >= 15 is 0 Å². The maximum Gasteiger partial charge on any atom is 0.231 e. The molecule has 2 N–H and O–H groups in total. The molecule has 0 saturated carbocycles. The molecule has 3 rings (SSSR count). The first-order chi connectivity index (χ1) is 11.5. The number of nitrogens with one attached hydrogen (secondary N) is 2. The van der Waals surface area contributed by atoms with Crippen molar-refractivity contribution in [1.29, 1.82) is 0 Å². The summed E-state index contributed by atoms with van der Waals surface area (Å²) in [5, 5.41) is 12.0. The lowest BCUT2D eigenvalue weighted by molar-refractivity contribution is -0.140. The second-order valence-electron chi connectivity index (χ2n) is 6.46. The van der Waals surface area contributed by atoms with Crippen LogP contribution in [0.1, 0.15) is 49.2 Å². The highest BCUT2D eigenvalue weighted by Gasteiger charge is 2.39. The smallest absolute Gasteiger partial charge is 0.231 e. The maximum atomic E-state index is 12.8. The van der Waals surface area contributed by atoms with Crippen LogP contribution in [-0.2, 0) is 9.59 Å². The van der Waals surface area contributed by atoms with E-state index in [4.69, 9.17) is 0 Å². The van der Waals surface area contributed by atoms with Gasteiger partial charge in [-0.05, 0) is 23.8 Å². The van der Waals surface area contributed by atoms with Gasteiger partial charge in [-0.2, -0.15) is 5.10 Å². The summed E-state index contributed by atoms with van der Waals surface area (Å²) in [6, 6.07) is 5.58. The van der Waals surface area contributed by atoms with Gasteiger partial charge in [0.1, 0.15) is 0 Å². The van der Waals surface area contributed by atoms with Crippen molar-refractivity contribution in [3.8, 4) is 0 Å². The minimum Gasteiger partial charge on any atom is -0.337 e. The molecule has 1 aliphatic heterocycles. The molecule has 128 valence electrons. The number of carbonyl (C=O) groups excluding carboxylic acids is 2. The van der Waals surface area contributed by atoms with E-state index in [1.807, 2.05) is 23.6 Å². The molecule has 0 radical (unpaired) electrons. The third-order valence-corrected chi connectivity index (χ3v) is 5.45. The van der Waals surface area contributed by atoms with Crippen molar-refractivity contribution in [2.75, 3.05) is 12.4 Å². The number of amides is 2. The molecule has 1 fully saturated rings. The van der Waals surface area contributed by atoms with Gasteiger partial charge in [-0.15, -0.1) is 11.3 Å². The number of aromatic amines is 1. The predicted octanol–water partition coefficient (Wildman–Crippen LogP) is 3.14. The number of nitrogens with zero attached hydrogens (tertiary/aromatic N) is 2. The molecular weight excluding hydrogens is 324 g/mol. The molecule has 24 heavy (non-hydrogen) atoms. The number of hydrogen-bond donors (Lipinski definition) is 2. The zero-order chi connectivity index (χ0) is 17.3. The van der Waals surface area contributed by atoms with E-state index in [1.165, 1.54) is 0 Å². The van der Waals surface area contributed by atoms with Gasteiger partial charge in [0.05, 0.1) is 12.0 Å². The van der Waals surface area contributed by atoms with Crippen LogP contribution < -0.4 is 5.32 Å². The topological polar surface area (TPSA) is 78.1 Å². The van der Waals surface area contributed by atoms with Crippen LogP contribution in [0.5, 0.6) is 0 Å². The quantitative estimate of drug-likeness (QED) is 0.893. The molecular formula is C17H22N4O2S. The lowest BCUT2D eigenvalue weighted by Gasteiger charge is -2.37. The van der Waals surface area contributed by atoms with Gasteiger partial charge in [0, 0.05) is 30.1 Å². The zero-order valence-corrected chi connectivity index (χ0v) is 14.9. The SMILES string of the molecule is CC(C)c1cc(NC(=O)[C@H]2CCC(=O)N(C)[C@@H]2c2cccs2)n[nH]1. The summed E-state index contributed by atoms with van der Waals surface area (Å²) in [6.45, 7) is 4.13. The highest BCUT2D eigenvalue weighted by Crippen LogP contribution is 2.38. The highest BCUT2D eigenvalue weighted by molar-refractivity contribution is 7.10. The molecule has 7 heteroatoms. The maximum absolute atomic E-state index is 12.8. The van der Waals surface area contributed by atoms with E-state index < -0.39 is 0 Å². The van der Waals surface area contributed by atoms with E-state index in [2.05, 4.69) is 29.4 Å². The molecule has 2 atom stereocenters. The molecule has 2 aromatic heterocycles. The van der Waals surface area contributed by atoms with Gasteiger partial charge in [-0.1, -0.05) is 19.9 Å². The van der Waals surface area contributed by atoms with Crippen molar-refractivity contribution >= 4 is 29.0 Å². The summed E-state index contributed by atoms with van der Waals surface area (Å²) in [5.74, 6) is 0.577. The van der Waals surface area contributed by atoms with Crippen molar-refractivity contribution in [2.24, 2.45) is 5.92 Å². The normalized spacial score (nSPS) is 21.3. The Labute approximate surface area is 145 Å². The van der Waals surface area contributed by atoms with Crippen molar-refractivity contribution < 1.29 is 9.59 Å². The third-order valence-electron chi connectivity index (χ3n) is 4.50. The average Bonchev–Trinajstić information content (AvgIpc) is 3.21. The van der Waals surface area contributed by atoms with Crippen molar-refractivity contribution in [2.45, 2.75) is 38.6 Å². The molecule has 0 aliphatic carbocycles. The lowest BCUT2D eigenvalue weighted by atomic mass is 9.87. The van der Waals surface area contributed by atoms with Gasteiger partial charge < -0.3 is 10.2 Å². The molecule has 1 saturated heterocycles. The first-order valence-corrected chi connectivity index (χ1v) is 9.00. The van der Waals surface area contributed by atoms with Gasteiger partial charge in [0.2, 0.25) is 11.8 Å². The Kier molecular flexibility index (Phi) is 4.71. The number of aromatic nitrogens is 2. The van der Waals surface area contributed by atoms with E-state index in [9.17, 15) is 9.59 Å². The molecule has 6 nitrogen and oxygen atoms in total. The number of carbonyl (C=O) groups is 2. The molecule has 0 aromatic carbocycles. The summed E-state index contributed by atoms with van der Waals surface area (Å²) < 4.78 is 0. The number of piperidine rings is 1. The fourth-order valence-corrected chi connectivity index (χ4v) is 4.01. The molecule has 2 aromatic rings. The van der Waals surface area contributed by atoms with E-state index in [0.29, 0.717) is 24.6 Å². The Morgan fingerprint density at radius 1 is 1.50 bits per heavy atom. The molecule has 2 amide bonds. The van der Waals surface area contributed by atoms with E-state index in [1.54, 1.807) is 23.3 Å². The van der Waals surface area contributed by atoms with Crippen LogP contribution in [0.15, 0.2) is 23.6 Å². The molecule has 3 heterocycles. The van der Waals surface area contributed by atoms with Gasteiger partial charge >= 0.3 is 0 Å². The number of thiophene rings is 1. The Morgan fingerprint density at radius 3 is 2.92 bits per heavy atom. The monoisotopic (exact) mass is 346 g/mol. The molecule has 0 bridgehead atoms. The van der Waals surface area contributed by atoms with Crippen LogP contribution in [0.3, 0.4) is 0 Å².